The Morgan fingerprint density at radius 2 is 2.00 bits per heavy atom. The van der Waals surface area contributed by atoms with Crippen LogP contribution in [0.25, 0.3) is 0 Å². The summed E-state index contributed by atoms with van der Waals surface area (Å²) >= 11 is 0. The molecule has 0 N–H and O–H groups in total. The molecule has 0 bridgehead atoms. The summed E-state index contributed by atoms with van der Waals surface area (Å²) in [6.07, 6.45) is 8.95. The smallest absolute Gasteiger partial charge is 0.320 e. The molecule has 1 amide bonds. The highest BCUT2D eigenvalue weighted by atomic mass is 16.5. The van der Waals surface area contributed by atoms with Gasteiger partial charge in [0.2, 0.25) is 0 Å². The van der Waals surface area contributed by atoms with Gasteiger partial charge in [-0.25, -0.2) is 0 Å². The van der Waals surface area contributed by atoms with Crippen molar-refractivity contribution < 1.29 is 9.52 Å². The number of hydrogen-bond donors (Lipinski definition) is 0. The molecule has 22 heavy (non-hydrogen) atoms. The minimum Gasteiger partial charge on any atom is -0.618 e. The molecule has 3 rings (SSSR count). The van der Waals surface area contributed by atoms with Crippen LogP contribution in [0.4, 0.5) is 0 Å². The van der Waals surface area contributed by atoms with Gasteiger partial charge in [-0.05, 0) is 36.6 Å². The van der Waals surface area contributed by atoms with Crippen LogP contribution in [0, 0.1) is 5.21 Å². The predicted molar refractivity (Wildman–Crippen MR) is 81.9 cm³/mol. The second-order valence-corrected chi connectivity index (χ2v) is 5.56. The van der Waals surface area contributed by atoms with Gasteiger partial charge in [-0.15, -0.1) is 0 Å². The maximum Gasteiger partial charge on any atom is 0.320 e. The molecule has 1 saturated heterocycles. The van der Waals surface area contributed by atoms with Crippen molar-refractivity contribution in [3.63, 3.8) is 0 Å². The Labute approximate surface area is 129 Å². The van der Waals surface area contributed by atoms with Crippen LogP contribution >= 0.6 is 0 Å². The lowest BCUT2D eigenvalue weighted by Crippen LogP contribution is -2.43. The normalized spacial score (nSPS) is 18.7. The molecular weight excluding hydrogens is 278 g/mol. The van der Waals surface area contributed by atoms with Crippen LogP contribution in [0.3, 0.4) is 0 Å². The lowest BCUT2D eigenvalue weighted by Gasteiger charge is -2.29. The Morgan fingerprint density at radius 1 is 1.18 bits per heavy atom. The summed E-state index contributed by atoms with van der Waals surface area (Å²) in [6.45, 7) is 0.681. The van der Waals surface area contributed by atoms with Crippen LogP contribution in [-0.4, -0.2) is 22.3 Å². The number of carbonyl (C=O) groups excluding carboxylic acids is 1. The van der Waals surface area contributed by atoms with Crippen molar-refractivity contribution in [2.24, 2.45) is 0 Å². The van der Waals surface area contributed by atoms with Gasteiger partial charge in [0, 0.05) is 31.1 Å². The van der Waals surface area contributed by atoms with Crippen LogP contribution in [0.1, 0.15) is 47.8 Å². The molecule has 0 saturated carbocycles. The quantitative estimate of drug-likeness (QED) is 0.632. The van der Waals surface area contributed by atoms with Gasteiger partial charge in [0.25, 0.3) is 5.69 Å². The van der Waals surface area contributed by atoms with E-state index in [-0.39, 0.29) is 17.6 Å². The SMILES string of the molecule is O=C(c1cccc[n+]1[O-])N1CCCCC[C@@H]1c1ccncc1. The van der Waals surface area contributed by atoms with E-state index in [1.165, 1.54) is 6.20 Å². The molecule has 5 heteroatoms. The minimum atomic E-state index is -0.195. The van der Waals surface area contributed by atoms with Crippen molar-refractivity contribution in [1.82, 2.24) is 9.88 Å². The van der Waals surface area contributed by atoms with Crippen LogP contribution in [0.2, 0.25) is 0 Å². The number of nitrogens with zero attached hydrogens (tertiary/aromatic N) is 3. The molecule has 1 fully saturated rings. The highest BCUT2D eigenvalue weighted by molar-refractivity contribution is 5.91. The first-order valence-corrected chi connectivity index (χ1v) is 7.66. The molecule has 2 aromatic rings. The minimum absolute atomic E-state index is 0.0122. The van der Waals surface area contributed by atoms with Crippen LogP contribution < -0.4 is 4.73 Å². The number of carbonyl (C=O) groups is 1. The topological polar surface area (TPSA) is 60.1 Å². The van der Waals surface area contributed by atoms with Crippen molar-refractivity contribution in [3.8, 4) is 0 Å². The second-order valence-electron chi connectivity index (χ2n) is 5.56. The van der Waals surface area contributed by atoms with E-state index < -0.39 is 0 Å². The van der Waals surface area contributed by atoms with Crippen LogP contribution in [0.15, 0.2) is 48.9 Å². The van der Waals surface area contributed by atoms with Gasteiger partial charge in [0.15, 0.2) is 6.20 Å². The van der Waals surface area contributed by atoms with E-state index >= 15 is 0 Å². The first-order valence-electron chi connectivity index (χ1n) is 7.66. The van der Waals surface area contributed by atoms with Gasteiger partial charge in [0.05, 0.1) is 6.04 Å². The highest BCUT2D eigenvalue weighted by Crippen LogP contribution is 2.30. The molecule has 1 aliphatic rings. The van der Waals surface area contributed by atoms with E-state index in [1.54, 1.807) is 30.6 Å². The number of amides is 1. The van der Waals surface area contributed by atoms with Crippen LogP contribution in [0.5, 0.6) is 0 Å². The lowest BCUT2D eigenvalue weighted by molar-refractivity contribution is -0.608. The first-order chi connectivity index (χ1) is 10.8. The monoisotopic (exact) mass is 297 g/mol. The molecule has 1 aliphatic heterocycles. The standard InChI is InChI=1S/C17H19N3O2/c21-17(16-7-3-5-13-20(16)22)19-12-4-1-2-6-15(19)14-8-10-18-11-9-14/h3,5,7-11,13,15H,1-2,4,6,12H2/t15-/m1/s1. The van der Waals surface area contributed by atoms with Gasteiger partial charge in [0.1, 0.15) is 0 Å². The maximum atomic E-state index is 12.8. The fraction of sp³-hybridized carbons (Fsp3) is 0.353. The van der Waals surface area contributed by atoms with Crippen molar-refractivity contribution in [3.05, 3.63) is 65.4 Å². The first kappa shape index (κ1) is 14.5. The van der Waals surface area contributed by atoms with E-state index in [4.69, 9.17) is 0 Å². The third-order valence-corrected chi connectivity index (χ3v) is 4.15. The molecular formula is C17H19N3O2. The van der Waals surface area contributed by atoms with E-state index in [0.717, 1.165) is 31.2 Å². The number of rotatable bonds is 2. The molecule has 0 aliphatic carbocycles. The summed E-state index contributed by atoms with van der Waals surface area (Å²) in [6, 6.07) is 8.86. The number of hydrogen-bond acceptors (Lipinski definition) is 3. The zero-order valence-corrected chi connectivity index (χ0v) is 12.4. The zero-order valence-electron chi connectivity index (χ0n) is 12.4. The summed E-state index contributed by atoms with van der Waals surface area (Å²) < 4.78 is 0.650. The summed E-state index contributed by atoms with van der Waals surface area (Å²) in [5, 5.41) is 11.9. The molecule has 0 spiro atoms. The fourth-order valence-corrected chi connectivity index (χ4v) is 3.02. The average molecular weight is 297 g/mol. The maximum absolute atomic E-state index is 12.8. The highest BCUT2D eigenvalue weighted by Gasteiger charge is 2.31. The Bertz CT molecular complexity index is 645. The van der Waals surface area contributed by atoms with E-state index in [0.29, 0.717) is 11.3 Å². The predicted octanol–water partition coefficient (Wildman–Crippen LogP) is 2.47. The number of likely N-dealkylation sites (tertiary alicyclic amines) is 1. The second kappa shape index (κ2) is 6.56. The molecule has 0 unspecified atom stereocenters. The van der Waals surface area contributed by atoms with E-state index in [9.17, 15) is 10.0 Å². The summed E-state index contributed by atoms with van der Waals surface area (Å²) in [7, 11) is 0. The van der Waals surface area contributed by atoms with Gasteiger partial charge >= 0.3 is 5.91 Å². The van der Waals surface area contributed by atoms with Gasteiger partial charge in [-0.3, -0.25) is 9.78 Å². The molecule has 0 aromatic carbocycles. The zero-order chi connectivity index (χ0) is 15.4. The molecule has 2 aromatic heterocycles. The third-order valence-electron chi connectivity index (χ3n) is 4.15. The molecule has 1 atom stereocenters. The van der Waals surface area contributed by atoms with Gasteiger partial charge < -0.3 is 10.1 Å². The summed E-state index contributed by atoms with van der Waals surface area (Å²) in [5.41, 5.74) is 1.27. The van der Waals surface area contributed by atoms with E-state index in [2.05, 4.69) is 4.98 Å². The number of aromatic nitrogens is 2. The van der Waals surface area contributed by atoms with Crippen molar-refractivity contribution in [2.45, 2.75) is 31.7 Å². The van der Waals surface area contributed by atoms with E-state index in [1.807, 2.05) is 17.0 Å². The molecule has 0 radical (unpaired) electrons. The fourth-order valence-electron chi connectivity index (χ4n) is 3.02. The molecule has 3 heterocycles. The summed E-state index contributed by atoms with van der Waals surface area (Å²) in [4.78, 5) is 18.7. The van der Waals surface area contributed by atoms with Crippen molar-refractivity contribution >= 4 is 5.91 Å². The lowest BCUT2D eigenvalue weighted by atomic mass is 10.0. The molecule has 5 nitrogen and oxygen atoms in total. The number of pyridine rings is 2. The van der Waals surface area contributed by atoms with Crippen molar-refractivity contribution in [1.29, 1.82) is 0 Å². The summed E-state index contributed by atoms with van der Waals surface area (Å²) in [5.74, 6) is -0.195. The Balaban J connectivity index is 1.94. The Kier molecular flexibility index (Phi) is 4.32. The van der Waals surface area contributed by atoms with Crippen LogP contribution in [-0.2, 0) is 0 Å². The van der Waals surface area contributed by atoms with Crippen molar-refractivity contribution in [2.75, 3.05) is 6.54 Å². The van der Waals surface area contributed by atoms with Gasteiger partial charge in [-0.2, -0.15) is 4.73 Å². The largest absolute Gasteiger partial charge is 0.618 e. The Hall–Kier alpha value is -2.43. The third kappa shape index (κ3) is 2.93. The van der Waals surface area contributed by atoms with Gasteiger partial charge in [-0.1, -0.05) is 12.8 Å². The molecule has 114 valence electrons. The average Bonchev–Trinajstić information content (AvgIpc) is 2.81. The Morgan fingerprint density at radius 3 is 2.77 bits per heavy atom.